The first-order chi connectivity index (χ1) is 8.33. The molecule has 17 heavy (non-hydrogen) atoms. The van der Waals surface area contributed by atoms with E-state index in [0.717, 1.165) is 12.0 Å². The normalized spacial score (nSPS) is 10.3. The molecule has 3 heteroatoms. The number of aliphatic hydroxyl groups is 1. The van der Waals surface area contributed by atoms with Crippen LogP contribution in [0, 0.1) is 0 Å². The number of benzene rings is 1. The lowest BCUT2D eigenvalue weighted by Crippen LogP contribution is -2.02. The third-order valence-corrected chi connectivity index (χ3v) is 2.70. The van der Waals surface area contributed by atoms with E-state index in [-0.39, 0.29) is 6.61 Å². The van der Waals surface area contributed by atoms with Gasteiger partial charge in [0.1, 0.15) is 0 Å². The van der Waals surface area contributed by atoms with Crippen LogP contribution >= 0.6 is 0 Å². The highest BCUT2D eigenvalue weighted by molar-refractivity contribution is 5.46. The van der Waals surface area contributed by atoms with Crippen molar-refractivity contribution in [3.63, 3.8) is 0 Å². The number of hydrogen-bond acceptors (Lipinski definition) is 3. The van der Waals surface area contributed by atoms with E-state index >= 15 is 0 Å². The Hall–Kier alpha value is -1.22. The van der Waals surface area contributed by atoms with Crippen molar-refractivity contribution in [1.82, 2.24) is 0 Å². The van der Waals surface area contributed by atoms with Crippen molar-refractivity contribution in [2.75, 3.05) is 13.7 Å². The molecule has 0 spiro atoms. The molecule has 0 fully saturated rings. The summed E-state index contributed by atoms with van der Waals surface area (Å²) in [5.74, 6) is 1.36. The van der Waals surface area contributed by atoms with Crippen LogP contribution in [0.5, 0.6) is 11.5 Å². The van der Waals surface area contributed by atoms with Gasteiger partial charge in [0.05, 0.1) is 20.3 Å². The SMILES string of the molecule is CCCCCCOc1c(CO)cccc1OC. The summed E-state index contributed by atoms with van der Waals surface area (Å²) in [6, 6.07) is 5.55. The molecule has 3 nitrogen and oxygen atoms in total. The molecule has 0 saturated heterocycles. The molecule has 1 aromatic rings. The molecular weight excluding hydrogens is 216 g/mol. The van der Waals surface area contributed by atoms with E-state index in [2.05, 4.69) is 6.92 Å². The van der Waals surface area contributed by atoms with Gasteiger partial charge in [-0.1, -0.05) is 38.3 Å². The molecule has 0 saturated carbocycles. The van der Waals surface area contributed by atoms with E-state index in [0.29, 0.717) is 18.1 Å². The first kappa shape index (κ1) is 13.8. The number of unbranched alkanes of at least 4 members (excludes halogenated alkanes) is 3. The van der Waals surface area contributed by atoms with Gasteiger partial charge in [-0.15, -0.1) is 0 Å². The fourth-order valence-corrected chi connectivity index (χ4v) is 1.71. The van der Waals surface area contributed by atoms with Gasteiger partial charge < -0.3 is 14.6 Å². The average Bonchev–Trinajstić information content (AvgIpc) is 2.38. The summed E-state index contributed by atoms with van der Waals surface area (Å²) in [4.78, 5) is 0. The molecule has 0 aliphatic heterocycles. The second-order valence-corrected chi connectivity index (χ2v) is 4.02. The molecule has 0 aliphatic rings. The lowest BCUT2D eigenvalue weighted by atomic mass is 10.2. The van der Waals surface area contributed by atoms with Crippen molar-refractivity contribution < 1.29 is 14.6 Å². The molecule has 0 bridgehead atoms. The van der Waals surface area contributed by atoms with Gasteiger partial charge in [-0.25, -0.2) is 0 Å². The monoisotopic (exact) mass is 238 g/mol. The van der Waals surface area contributed by atoms with Crippen LogP contribution in [0.15, 0.2) is 18.2 Å². The standard InChI is InChI=1S/C14H22O3/c1-3-4-5-6-10-17-14-12(11-15)8-7-9-13(14)16-2/h7-9,15H,3-6,10-11H2,1-2H3. The molecule has 0 aliphatic carbocycles. The van der Waals surface area contributed by atoms with Crippen molar-refractivity contribution >= 4 is 0 Å². The second-order valence-electron chi connectivity index (χ2n) is 4.02. The van der Waals surface area contributed by atoms with Gasteiger partial charge in [0, 0.05) is 5.56 Å². The van der Waals surface area contributed by atoms with Crippen LogP contribution in [0.2, 0.25) is 0 Å². The summed E-state index contributed by atoms with van der Waals surface area (Å²) in [5.41, 5.74) is 0.778. The predicted molar refractivity (Wildman–Crippen MR) is 68.6 cm³/mol. The van der Waals surface area contributed by atoms with Crippen molar-refractivity contribution in [2.24, 2.45) is 0 Å². The number of aliphatic hydroxyl groups excluding tert-OH is 1. The summed E-state index contributed by atoms with van der Waals surface area (Å²) in [6.07, 6.45) is 4.68. The molecule has 0 atom stereocenters. The van der Waals surface area contributed by atoms with E-state index in [9.17, 15) is 5.11 Å². The third kappa shape index (κ3) is 4.27. The number of para-hydroxylation sites is 1. The molecule has 0 amide bonds. The van der Waals surface area contributed by atoms with E-state index in [1.807, 2.05) is 18.2 Å². The molecule has 96 valence electrons. The highest BCUT2D eigenvalue weighted by Gasteiger charge is 2.09. The van der Waals surface area contributed by atoms with Crippen LogP contribution < -0.4 is 9.47 Å². The zero-order valence-electron chi connectivity index (χ0n) is 10.7. The number of methoxy groups -OCH3 is 1. The van der Waals surface area contributed by atoms with Crippen molar-refractivity contribution in [3.05, 3.63) is 23.8 Å². The summed E-state index contributed by atoms with van der Waals surface area (Å²) >= 11 is 0. The van der Waals surface area contributed by atoms with Gasteiger partial charge in [0.15, 0.2) is 11.5 Å². The van der Waals surface area contributed by atoms with Gasteiger partial charge in [0.25, 0.3) is 0 Å². The number of rotatable bonds is 8. The molecule has 0 aromatic heterocycles. The quantitative estimate of drug-likeness (QED) is 0.707. The van der Waals surface area contributed by atoms with Crippen molar-refractivity contribution in [2.45, 2.75) is 39.2 Å². The van der Waals surface area contributed by atoms with E-state index in [1.54, 1.807) is 7.11 Å². The Morgan fingerprint density at radius 1 is 1.18 bits per heavy atom. The first-order valence-corrected chi connectivity index (χ1v) is 6.23. The van der Waals surface area contributed by atoms with Gasteiger partial charge in [-0.2, -0.15) is 0 Å². The zero-order chi connectivity index (χ0) is 12.5. The molecule has 1 rings (SSSR count). The Bertz CT molecular complexity index is 301. The fraction of sp³-hybridized carbons (Fsp3) is 0.571. The minimum atomic E-state index is -0.0263. The van der Waals surface area contributed by atoms with E-state index in [1.165, 1.54) is 19.3 Å². The van der Waals surface area contributed by atoms with Crippen LogP contribution in [0.25, 0.3) is 0 Å². The van der Waals surface area contributed by atoms with Crippen LogP contribution in [0.3, 0.4) is 0 Å². The van der Waals surface area contributed by atoms with Crippen LogP contribution in [-0.4, -0.2) is 18.8 Å². The minimum Gasteiger partial charge on any atom is -0.493 e. The van der Waals surface area contributed by atoms with Gasteiger partial charge in [-0.3, -0.25) is 0 Å². The predicted octanol–water partition coefficient (Wildman–Crippen LogP) is 3.15. The molecule has 0 unspecified atom stereocenters. The van der Waals surface area contributed by atoms with Crippen LogP contribution in [-0.2, 0) is 6.61 Å². The topological polar surface area (TPSA) is 38.7 Å². The molecule has 0 heterocycles. The molecular formula is C14H22O3. The Morgan fingerprint density at radius 3 is 2.65 bits per heavy atom. The zero-order valence-corrected chi connectivity index (χ0v) is 10.7. The van der Waals surface area contributed by atoms with Gasteiger partial charge >= 0.3 is 0 Å². The third-order valence-electron chi connectivity index (χ3n) is 2.70. The fourth-order valence-electron chi connectivity index (χ4n) is 1.71. The highest BCUT2D eigenvalue weighted by Crippen LogP contribution is 2.31. The second kappa shape index (κ2) is 7.96. The number of hydrogen-bond donors (Lipinski definition) is 1. The molecule has 0 radical (unpaired) electrons. The lowest BCUT2D eigenvalue weighted by molar-refractivity contribution is 0.251. The molecule has 1 N–H and O–H groups in total. The Balaban J connectivity index is 2.55. The largest absolute Gasteiger partial charge is 0.493 e. The van der Waals surface area contributed by atoms with E-state index in [4.69, 9.17) is 9.47 Å². The highest BCUT2D eigenvalue weighted by atomic mass is 16.5. The van der Waals surface area contributed by atoms with E-state index < -0.39 is 0 Å². The van der Waals surface area contributed by atoms with Gasteiger partial charge in [-0.05, 0) is 12.5 Å². The average molecular weight is 238 g/mol. The maximum atomic E-state index is 9.24. The van der Waals surface area contributed by atoms with Gasteiger partial charge in [0.2, 0.25) is 0 Å². The maximum Gasteiger partial charge on any atom is 0.166 e. The summed E-state index contributed by atoms with van der Waals surface area (Å²) in [7, 11) is 1.61. The van der Waals surface area contributed by atoms with Crippen LogP contribution in [0.1, 0.15) is 38.2 Å². The van der Waals surface area contributed by atoms with Crippen LogP contribution in [0.4, 0.5) is 0 Å². The van der Waals surface area contributed by atoms with Crippen molar-refractivity contribution in [1.29, 1.82) is 0 Å². The minimum absolute atomic E-state index is 0.0263. The van der Waals surface area contributed by atoms with Crippen molar-refractivity contribution in [3.8, 4) is 11.5 Å². The summed E-state index contributed by atoms with van der Waals surface area (Å²) in [5, 5.41) is 9.24. The first-order valence-electron chi connectivity index (χ1n) is 6.23. The maximum absolute atomic E-state index is 9.24. The Labute approximate surface area is 103 Å². The number of ether oxygens (including phenoxy) is 2. The smallest absolute Gasteiger partial charge is 0.166 e. The summed E-state index contributed by atoms with van der Waals surface area (Å²) < 4.78 is 10.9. The lowest BCUT2D eigenvalue weighted by Gasteiger charge is -2.13. The Morgan fingerprint density at radius 2 is 2.00 bits per heavy atom. The molecule has 1 aromatic carbocycles. The Kier molecular flexibility index (Phi) is 6.48. The summed E-state index contributed by atoms with van der Waals surface area (Å²) in [6.45, 7) is 2.83.